The van der Waals surface area contributed by atoms with Crippen LogP contribution in [0, 0.1) is 0 Å². The molecular formula is C6H13NO5. The first-order valence-electron chi connectivity index (χ1n) is 3.58. The Kier molecular flexibility index (Phi) is 2.39. The van der Waals surface area contributed by atoms with Gasteiger partial charge in [-0.3, -0.25) is 0 Å². The largest absolute Gasteiger partial charge is 0.393 e. The Morgan fingerprint density at radius 2 is 1.67 bits per heavy atom. The minimum atomic E-state index is -2.02. The Morgan fingerprint density at radius 3 is 1.83 bits per heavy atom. The lowest BCUT2D eigenvalue weighted by Gasteiger charge is -2.28. The minimum Gasteiger partial charge on any atom is -0.393 e. The van der Waals surface area contributed by atoms with Crippen molar-refractivity contribution in [2.24, 2.45) is 5.73 Å². The Labute approximate surface area is 68.9 Å². The molecule has 0 bridgehead atoms. The Hall–Kier alpha value is -0.240. The summed E-state index contributed by atoms with van der Waals surface area (Å²) >= 11 is 0. The van der Waals surface area contributed by atoms with Crippen molar-refractivity contribution in [1.82, 2.24) is 0 Å². The number of aliphatic hydroxyl groups excluding tert-OH is 4. The second-order valence-corrected chi connectivity index (χ2v) is 3.10. The van der Waals surface area contributed by atoms with E-state index in [0.717, 1.165) is 0 Å². The Morgan fingerprint density at radius 1 is 1.17 bits per heavy atom. The first-order valence-corrected chi connectivity index (χ1v) is 3.58. The number of aliphatic hydroxyl groups is 5. The number of hydrogen-bond donors (Lipinski definition) is 6. The standard InChI is InChI=1S/C6H13NO5/c7-4-2(9)3(10)5(11)6(4,12)1-8/h2-5,8-12H,1,7H2/t2-,3-,4-,5-,6-/m0/s1. The second kappa shape index (κ2) is 2.91. The van der Waals surface area contributed by atoms with Crippen molar-refractivity contribution >= 4 is 0 Å². The van der Waals surface area contributed by atoms with E-state index in [-0.39, 0.29) is 0 Å². The van der Waals surface area contributed by atoms with Gasteiger partial charge in [0.2, 0.25) is 0 Å². The molecule has 12 heavy (non-hydrogen) atoms. The third-order valence-electron chi connectivity index (χ3n) is 2.38. The van der Waals surface area contributed by atoms with Crippen LogP contribution in [0.2, 0.25) is 0 Å². The molecule has 0 aromatic heterocycles. The molecule has 0 spiro atoms. The van der Waals surface area contributed by atoms with Crippen LogP contribution in [0.3, 0.4) is 0 Å². The summed E-state index contributed by atoms with van der Waals surface area (Å²) in [6, 6.07) is -1.24. The zero-order chi connectivity index (χ0) is 9.52. The van der Waals surface area contributed by atoms with Crippen molar-refractivity contribution < 1.29 is 25.5 Å². The maximum atomic E-state index is 9.43. The molecule has 0 radical (unpaired) electrons. The number of rotatable bonds is 1. The van der Waals surface area contributed by atoms with E-state index in [4.69, 9.17) is 26.2 Å². The van der Waals surface area contributed by atoms with Crippen molar-refractivity contribution in [3.8, 4) is 0 Å². The van der Waals surface area contributed by atoms with E-state index < -0.39 is 36.6 Å². The van der Waals surface area contributed by atoms with E-state index in [2.05, 4.69) is 0 Å². The van der Waals surface area contributed by atoms with Crippen LogP contribution in [0.4, 0.5) is 0 Å². The van der Waals surface area contributed by atoms with E-state index in [1.165, 1.54) is 0 Å². The van der Waals surface area contributed by atoms with Crippen LogP contribution in [-0.2, 0) is 0 Å². The topological polar surface area (TPSA) is 127 Å². The highest BCUT2D eigenvalue weighted by Crippen LogP contribution is 2.29. The summed E-state index contributed by atoms with van der Waals surface area (Å²) < 4.78 is 0. The van der Waals surface area contributed by atoms with Crippen LogP contribution in [0.15, 0.2) is 0 Å². The highest BCUT2D eigenvalue weighted by molar-refractivity contribution is 5.11. The Bertz CT molecular complexity index is 161. The normalized spacial score (nSPS) is 54.5. The fraction of sp³-hybridized carbons (Fsp3) is 1.00. The highest BCUT2D eigenvalue weighted by atomic mass is 16.4. The molecule has 0 heterocycles. The minimum absolute atomic E-state index is 0.802. The average Bonchev–Trinajstić information content (AvgIpc) is 2.22. The summed E-state index contributed by atoms with van der Waals surface area (Å²) in [6.07, 6.45) is -4.55. The number of nitrogens with two attached hydrogens (primary N) is 1. The van der Waals surface area contributed by atoms with Gasteiger partial charge >= 0.3 is 0 Å². The van der Waals surface area contributed by atoms with Crippen LogP contribution in [-0.4, -0.2) is 62.1 Å². The van der Waals surface area contributed by atoms with Gasteiger partial charge in [-0.05, 0) is 0 Å². The lowest BCUT2D eigenvalue weighted by atomic mass is 9.97. The molecule has 72 valence electrons. The van der Waals surface area contributed by atoms with Gasteiger partial charge in [0.15, 0.2) is 0 Å². The molecule has 0 unspecified atom stereocenters. The summed E-state index contributed by atoms with van der Waals surface area (Å²) in [4.78, 5) is 0. The average molecular weight is 179 g/mol. The fourth-order valence-electron chi connectivity index (χ4n) is 1.39. The SMILES string of the molecule is N[C@H]1[C@@H](O)[C@H](O)[C@H](O)[C@]1(O)CO. The van der Waals surface area contributed by atoms with Crippen molar-refractivity contribution in [3.63, 3.8) is 0 Å². The molecule has 0 saturated heterocycles. The van der Waals surface area contributed by atoms with Crippen molar-refractivity contribution in [2.45, 2.75) is 30.0 Å². The fourth-order valence-corrected chi connectivity index (χ4v) is 1.39. The maximum Gasteiger partial charge on any atom is 0.134 e. The molecule has 5 atom stereocenters. The molecule has 0 aromatic carbocycles. The molecule has 1 saturated carbocycles. The van der Waals surface area contributed by atoms with Crippen molar-refractivity contribution in [2.75, 3.05) is 6.61 Å². The summed E-state index contributed by atoms with van der Waals surface area (Å²) in [7, 11) is 0. The molecule has 1 aliphatic rings. The van der Waals surface area contributed by atoms with Gasteiger partial charge in [-0.25, -0.2) is 0 Å². The van der Waals surface area contributed by atoms with Gasteiger partial charge in [0, 0.05) is 0 Å². The van der Waals surface area contributed by atoms with Crippen molar-refractivity contribution in [1.29, 1.82) is 0 Å². The van der Waals surface area contributed by atoms with Gasteiger partial charge in [-0.15, -0.1) is 0 Å². The van der Waals surface area contributed by atoms with Gasteiger partial charge in [0.1, 0.15) is 23.9 Å². The van der Waals surface area contributed by atoms with E-state index in [1.807, 2.05) is 0 Å². The third-order valence-corrected chi connectivity index (χ3v) is 2.38. The van der Waals surface area contributed by atoms with Gasteiger partial charge in [0.25, 0.3) is 0 Å². The lowest BCUT2D eigenvalue weighted by molar-refractivity contribution is -0.116. The van der Waals surface area contributed by atoms with Gasteiger partial charge in [-0.1, -0.05) is 0 Å². The summed E-state index contributed by atoms with van der Waals surface area (Å²) in [5, 5.41) is 45.4. The van der Waals surface area contributed by atoms with Crippen LogP contribution in [0.5, 0.6) is 0 Å². The lowest BCUT2D eigenvalue weighted by Crippen LogP contribution is -2.55. The zero-order valence-corrected chi connectivity index (χ0v) is 6.33. The van der Waals surface area contributed by atoms with E-state index in [9.17, 15) is 5.11 Å². The molecule has 1 rings (SSSR count). The third kappa shape index (κ3) is 1.05. The molecule has 6 nitrogen and oxygen atoms in total. The van der Waals surface area contributed by atoms with Crippen LogP contribution in [0.25, 0.3) is 0 Å². The first kappa shape index (κ1) is 9.85. The van der Waals surface area contributed by atoms with Gasteiger partial charge in [-0.2, -0.15) is 0 Å². The molecule has 1 fully saturated rings. The maximum absolute atomic E-state index is 9.43. The van der Waals surface area contributed by atoms with E-state index in [1.54, 1.807) is 0 Å². The molecular weight excluding hydrogens is 166 g/mol. The van der Waals surface area contributed by atoms with Crippen LogP contribution in [0.1, 0.15) is 0 Å². The van der Waals surface area contributed by atoms with Gasteiger partial charge in [0.05, 0.1) is 12.6 Å². The predicted molar refractivity (Wildman–Crippen MR) is 38.0 cm³/mol. The quantitative estimate of drug-likeness (QED) is 0.244. The molecule has 1 aliphatic carbocycles. The summed E-state index contributed by atoms with van der Waals surface area (Å²) in [5.41, 5.74) is 3.25. The smallest absolute Gasteiger partial charge is 0.134 e. The monoisotopic (exact) mass is 179 g/mol. The van der Waals surface area contributed by atoms with Crippen LogP contribution < -0.4 is 5.73 Å². The predicted octanol–water partition coefficient (Wildman–Crippen LogP) is -3.87. The molecule has 6 heteroatoms. The number of hydrogen-bond acceptors (Lipinski definition) is 6. The molecule has 0 aliphatic heterocycles. The summed E-state index contributed by atoms with van der Waals surface area (Å²) in [5.74, 6) is 0. The first-order chi connectivity index (χ1) is 5.45. The van der Waals surface area contributed by atoms with E-state index in [0.29, 0.717) is 0 Å². The molecule has 0 amide bonds. The Balaban J connectivity index is 2.90. The van der Waals surface area contributed by atoms with Crippen LogP contribution >= 0.6 is 0 Å². The summed E-state index contributed by atoms with van der Waals surface area (Å²) in [6.45, 7) is -0.802. The highest BCUT2D eigenvalue weighted by Gasteiger charge is 2.57. The zero-order valence-electron chi connectivity index (χ0n) is 6.33. The van der Waals surface area contributed by atoms with Gasteiger partial charge < -0.3 is 31.3 Å². The second-order valence-electron chi connectivity index (χ2n) is 3.10. The molecule has 0 aromatic rings. The van der Waals surface area contributed by atoms with Crippen molar-refractivity contribution in [3.05, 3.63) is 0 Å². The molecule has 7 N–H and O–H groups in total. The van der Waals surface area contributed by atoms with E-state index >= 15 is 0 Å².